The molecule has 0 saturated heterocycles. The zero-order chi connectivity index (χ0) is 13.5. The summed E-state index contributed by atoms with van der Waals surface area (Å²) in [7, 11) is 0. The van der Waals surface area contributed by atoms with Gasteiger partial charge in [-0.25, -0.2) is 0 Å². The van der Waals surface area contributed by atoms with Gasteiger partial charge in [-0.2, -0.15) is 0 Å². The summed E-state index contributed by atoms with van der Waals surface area (Å²) in [5.41, 5.74) is 1.18. The minimum absolute atomic E-state index is 0.139. The molecule has 0 atom stereocenters. The average molecular weight is 263 g/mol. The standard InChI is InChI=1S/C15H25N3O/c1-2-9-16-11-14-8-5-10-18(14)12-15(19)17-13-6-3-4-7-13/h5,8,10,13,16H,2-4,6-7,9,11-12H2,1H3,(H,17,19). The summed E-state index contributed by atoms with van der Waals surface area (Å²) in [4.78, 5) is 12.0. The van der Waals surface area contributed by atoms with Gasteiger partial charge in [-0.15, -0.1) is 0 Å². The van der Waals surface area contributed by atoms with Crippen LogP contribution in [-0.2, 0) is 17.9 Å². The molecule has 1 heterocycles. The van der Waals surface area contributed by atoms with E-state index in [9.17, 15) is 4.79 Å². The highest BCUT2D eigenvalue weighted by molar-refractivity contribution is 5.76. The first-order valence-electron chi connectivity index (χ1n) is 7.43. The molecule has 4 nitrogen and oxygen atoms in total. The number of carbonyl (C=O) groups is 1. The van der Waals surface area contributed by atoms with Crippen LogP contribution >= 0.6 is 0 Å². The van der Waals surface area contributed by atoms with E-state index in [2.05, 4.69) is 23.6 Å². The van der Waals surface area contributed by atoms with Gasteiger partial charge in [-0.1, -0.05) is 19.8 Å². The van der Waals surface area contributed by atoms with Crippen LogP contribution in [0.25, 0.3) is 0 Å². The molecule has 1 amide bonds. The molecule has 4 heteroatoms. The fourth-order valence-corrected chi connectivity index (χ4v) is 2.66. The molecular weight excluding hydrogens is 238 g/mol. The summed E-state index contributed by atoms with van der Waals surface area (Å²) < 4.78 is 2.03. The quantitative estimate of drug-likeness (QED) is 0.740. The van der Waals surface area contributed by atoms with E-state index in [-0.39, 0.29) is 5.91 Å². The maximum absolute atomic E-state index is 12.0. The number of carbonyl (C=O) groups excluding carboxylic acids is 1. The number of nitrogens with one attached hydrogen (secondary N) is 2. The lowest BCUT2D eigenvalue weighted by atomic mass is 10.2. The lowest BCUT2D eigenvalue weighted by Gasteiger charge is -2.14. The van der Waals surface area contributed by atoms with Gasteiger partial charge in [0.25, 0.3) is 0 Å². The summed E-state index contributed by atoms with van der Waals surface area (Å²) in [5, 5.41) is 6.50. The van der Waals surface area contributed by atoms with Gasteiger partial charge in [0.05, 0.1) is 0 Å². The van der Waals surface area contributed by atoms with Crippen molar-refractivity contribution in [3.05, 3.63) is 24.0 Å². The van der Waals surface area contributed by atoms with Crippen LogP contribution < -0.4 is 10.6 Å². The van der Waals surface area contributed by atoms with Crippen LogP contribution in [-0.4, -0.2) is 23.1 Å². The molecule has 1 aliphatic rings. The van der Waals surface area contributed by atoms with E-state index in [1.54, 1.807) is 0 Å². The number of aromatic nitrogens is 1. The van der Waals surface area contributed by atoms with Gasteiger partial charge < -0.3 is 15.2 Å². The first-order valence-corrected chi connectivity index (χ1v) is 7.43. The molecule has 0 aromatic carbocycles. The molecular formula is C15H25N3O. The van der Waals surface area contributed by atoms with Crippen molar-refractivity contribution < 1.29 is 4.79 Å². The largest absolute Gasteiger partial charge is 0.352 e. The van der Waals surface area contributed by atoms with Crippen LogP contribution in [0.5, 0.6) is 0 Å². The van der Waals surface area contributed by atoms with Gasteiger partial charge in [-0.3, -0.25) is 4.79 Å². The Hall–Kier alpha value is -1.29. The second kappa shape index (κ2) is 7.34. The highest BCUT2D eigenvalue weighted by atomic mass is 16.2. The Morgan fingerprint density at radius 2 is 2.21 bits per heavy atom. The molecule has 0 bridgehead atoms. The zero-order valence-electron chi connectivity index (χ0n) is 11.8. The maximum atomic E-state index is 12.0. The molecule has 0 spiro atoms. The predicted octanol–water partition coefficient (Wildman–Crippen LogP) is 2.05. The molecule has 0 radical (unpaired) electrons. The molecule has 1 aromatic heterocycles. The lowest BCUT2D eigenvalue weighted by molar-refractivity contribution is -0.122. The number of amides is 1. The van der Waals surface area contributed by atoms with E-state index in [0.717, 1.165) is 32.4 Å². The molecule has 106 valence electrons. The molecule has 1 aliphatic carbocycles. The third-order valence-corrected chi connectivity index (χ3v) is 3.69. The fraction of sp³-hybridized carbons (Fsp3) is 0.667. The lowest BCUT2D eigenvalue weighted by Crippen LogP contribution is -2.35. The van der Waals surface area contributed by atoms with Gasteiger partial charge in [0.15, 0.2) is 0 Å². The molecule has 0 unspecified atom stereocenters. The Labute approximate surface area is 115 Å². The van der Waals surface area contributed by atoms with Gasteiger partial charge in [0.2, 0.25) is 5.91 Å². The fourth-order valence-electron chi connectivity index (χ4n) is 2.66. The molecule has 2 rings (SSSR count). The first kappa shape index (κ1) is 14.1. The number of hydrogen-bond donors (Lipinski definition) is 2. The van der Waals surface area contributed by atoms with Crippen LogP contribution in [0, 0.1) is 0 Å². The van der Waals surface area contributed by atoms with E-state index in [0.29, 0.717) is 12.6 Å². The normalized spacial score (nSPS) is 15.8. The minimum Gasteiger partial charge on any atom is -0.352 e. The van der Waals surface area contributed by atoms with Crippen molar-refractivity contribution in [2.45, 2.75) is 58.2 Å². The summed E-state index contributed by atoms with van der Waals surface area (Å²) in [6, 6.07) is 4.49. The van der Waals surface area contributed by atoms with E-state index in [1.807, 2.05) is 16.8 Å². The van der Waals surface area contributed by atoms with Gasteiger partial charge in [0, 0.05) is 24.5 Å². The van der Waals surface area contributed by atoms with E-state index < -0.39 is 0 Å². The van der Waals surface area contributed by atoms with Crippen LogP contribution in [0.15, 0.2) is 18.3 Å². The molecule has 0 aliphatic heterocycles. The summed E-state index contributed by atoms with van der Waals surface area (Å²) in [6.07, 6.45) is 7.89. The molecule has 19 heavy (non-hydrogen) atoms. The van der Waals surface area contributed by atoms with Crippen molar-refractivity contribution in [2.75, 3.05) is 6.54 Å². The van der Waals surface area contributed by atoms with E-state index in [1.165, 1.54) is 18.5 Å². The van der Waals surface area contributed by atoms with Crippen molar-refractivity contribution in [1.29, 1.82) is 0 Å². The number of rotatable bonds is 7. The molecule has 2 N–H and O–H groups in total. The third kappa shape index (κ3) is 4.39. The highest BCUT2D eigenvalue weighted by Gasteiger charge is 2.17. The van der Waals surface area contributed by atoms with Crippen molar-refractivity contribution in [2.24, 2.45) is 0 Å². The van der Waals surface area contributed by atoms with Crippen LogP contribution in [0.3, 0.4) is 0 Å². The smallest absolute Gasteiger partial charge is 0.240 e. The number of nitrogens with zero attached hydrogens (tertiary/aromatic N) is 1. The van der Waals surface area contributed by atoms with Crippen LogP contribution in [0.4, 0.5) is 0 Å². The Kier molecular flexibility index (Phi) is 5.45. The minimum atomic E-state index is 0.139. The van der Waals surface area contributed by atoms with Gasteiger partial charge in [-0.05, 0) is 37.9 Å². The zero-order valence-corrected chi connectivity index (χ0v) is 11.8. The second-order valence-corrected chi connectivity index (χ2v) is 5.35. The summed E-state index contributed by atoms with van der Waals surface area (Å²) in [5.74, 6) is 0.139. The van der Waals surface area contributed by atoms with Crippen molar-refractivity contribution in [1.82, 2.24) is 15.2 Å². The molecule has 1 fully saturated rings. The second-order valence-electron chi connectivity index (χ2n) is 5.35. The van der Waals surface area contributed by atoms with Gasteiger partial charge >= 0.3 is 0 Å². The van der Waals surface area contributed by atoms with Crippen molar-refractivity contribution in [3.8, 4) is 0 Å². The van der Waals surface area contributed by atoms with Crippen LogP contribution in [0.2, 0.25) is 0 Å². The maximum Gasteiger partial charge on any atom is 0.240 e. The van der Waals surface area contributed by atoms with Crippen molar-refractivity contribution >= 4 is 5.91 Å². The van der Waals surface area contributed by atoms with E-state index >= 15 is 0 Å². The van der Waals surface area contributed by atoms with Crippen LogP contribution in [0.1, 0.15) is 44.7 Å². The van der Waals surface area contributed by atoms with Gasteiger partial charge in [0.1, 0.15) is 6.54 Å². The Balaban J connectivity index is 1.80. The molecule has 1 aromatic rings. The average Bonchev–Trinajstić information content (AvgIpc) is 3.02. The number of hydrogen-bond acceptors (Lipinski definition) is 2. The SMILES string of the molecule is CCCNCc1cccn1CC(=O)NC1CCCC1. The predicted molar refractivity (Wildman–Crippen MR) is 76.8 cm³/mol. The monoisotopic (exact) mass is 263 g/mol. The third-order valence-electron chi connectivity index (χ3n) is 3.69. The van der Waals surface area contributed by atoms with Crippen molar-refractivity contribution in [3.63, 3.8) is 0 Å². The highest BCUT2D eigenvalue weighted by Crippen LogP contribution is 2.17. The van der Waals surface area contributed by atoms with E-state index in [4.69, 9.17) is 0 Å². The topological polar surface area (TPSA) is 46.1 Å². The first-order chi connectivity index (χ1) is 9.29. The Bertz CT molecular complexity index is 394. The Morgan fingerprint density at radius 1 is 1.42 bits per heavy atom. The summed E-state index contributed by atoms with van der Waals surface area (Å²) >= 11 is 0. The summed E-state index contributed by atoms with van der Waals surface area (Å²) in [6.45, 7) is 4.44. The molecule has 1 saturated carbocycles. The Morgan fingerprint density at radius 3 is 2.95 bits per heavy atom.